The highest BCUT2D eigenvalue weighted by Gasteiger charge is 2.57. The lowest BCUT2D eigenvalue weighted by Gasteiger charge is -2.47. The van der Waals surface area contributed by atoms with Crippen LogP contribution in [-0.4, -0.2) is 77.5 Å². The van der Waals surface area contributed by atoms with E-state index in [2.05, 4.69) is 6.92 Å². The number of likely N-dealkylation sites (tertiary alicyclic amines) is 1. The first kappa shape index (κ1) is 42.1. The summed E-state index contributed by atoms with van der Waals surface area (Å²) in [4.78, 5) is 39.6. The van der Waals surface area contributed by atoms with Gasteiger partial charge in [-0.3, -0.25) is 4.79 Å². The van der Waals surface area contributed by atoms with Crippen molar-refractivity contribution in [3.8, 4) is 17.2 Å². The first-order valence-electron chi connectivity index (χ1n) is 19.2. The van der Waals surface area contributed by atoms with Gasteiger partial charge in [0.15, 0.2) is 0 Å². The summed E-state index contributed by atoms with van der Waals surface area (Å²) < 4.78 is 40.3. The fraction of sp³-hybridized carbons (Fsp3) is 0.386. The molecule has 4 aromatic rings. The summed E-state index contributed by atoms with van der Waals surface area (Å²) in [7, 11) is -1.47. The molecule has 4 aromatic carbocycles. The lowest BCUT2D eigenvalue weighted by molar-refractivity contribution is -0.131. The Labute approximate surface area is 331 Å². The Hall–Kier alpha value is -5.01. The van der Waals surface area contributed by atoms with Gasteiger partial charge < -0.3 is 37.1 Å². The number of ether oxygens (including phenoxy) is 4. The van der Waals surface area contributed by atoms with Crippen molar-refractivity contribution in [2.45, 2.75) is 71.4 Å². The summed E-state index contributed by atoms with van der Waals surface area (Å²) in [5.74, 6) is 0.820. The molecule has 2 atom stereocenters. The van der Waals surface area contributed by atoms with E-state index in [1.54, 1.807) is 48.4 Å². The second-order valence-corrected chi connectivity index (χ2v) is 16.4. The van der Waals surface area contributed by atoms with E-state index in [0.29, 0.717) is 56.3 Å². The summed E-state index contributed by atoms with van der Waals surface area (Å²) in [5.41, 5.74) is 3.78. The molecule has 0 radical (unpaired) electrons. The number of carbonyl (C=O) groups is 3. The molecule has 1 saturated heterocycles. The highest BCUT2D eigenvalue weighted by Crippen LogP contribution is 2.38. The van der Waals surface area contributed by atoms with Crippen LogP contribution >= 0.6 is 0 Å². The molecule has 1 fully saturated rings. The Morgan fingerprint density at radius 1 is 0.714 bits per heavy atom. The standard InChI is InChI=1S/C44H53NO10Si/c1-7-51-56(52-8-2,53-9-3)41-27-29-45(41)43(48)50-30-10-28-44(5,36-17-23-39(24-18-36)54-32(4)46)37-19-25-40(26-20-37)55-42(47)35-15-11-33(12-16-35)31-34-13-21-38(49-6)22-14-34/h11-26,41H,7-10,27-31H2,1-6H3. The van der Waals surface area contributed by atoms with Crippen LogP contribution in [0.25, 0.3) is 0 Å². The zero-order valence-corrected chi connectivity index (χ0v) is 34.2. The molecule has 0 aliphatic carbocycles. The molecule has 11 nitrogen and oxygen atoms in total. The maximum atomic E-state index is 13.3. The SMILES string of the molecule is CCO[Si](OCC)(OCC)C1CCN1C(=O)OCCCC(C)(c1ccc(OC(C)=O)cc1)c1ccc(OC(=O)c2ccc(Cc3ccc(OC)cc3)cc2)cc1. The van der Waals surface area contributed by atoms with Gasteiger partial charge in [0, 0.05) is 38.7 Å². The third-order valence-electron chi connectivity index (χ3n) is 9.96. The van der Waals surface area contributed by atoms with Crippen molar-refractivity contribution in [2.75, 3.05) is 40.1 Å². The van der Waals surface area contributed by atoms with Crippen molar-refractivity contribution in [3.63, 3.8) is 0 Å². The molecule has 5 rings (SSSR count). The summed E-state index contributed by atoms with van der Waals surface area (Å²) in [5, 5.41) is 0. The number of rotatable bonds is 19. The molecular weight excluding hydrogens is 731 g/mol. The van der Waals surface area contributed by atoms with E-state index < -0.39 is 32.3 Å². The molecule has 0 aromatic heterocycles. The van der Waals surface area contributed by atoms with Crippen molar-refractivity contribution in [1.29, 1.82) is 0 Å². The summed E-state index contributed by atoms with van der Waals surface area (Å²) in [6, 6.07) is 30.2. The molecule has 1 heterocycles. The van der Waals surface area contributed by atoms with E-state index in [9.17, 15) is 14.4 Å². The number of carbonyl (C=O) groups excluding carboxylic acids is 3. The van der Waals surface area contributed by atoms with Crippen molar-refractivity contribution in [3.05, 3.63) is 125 Å². The van der Waals surface area contributed by atoms with Crippen molar-refractivity contribution in [1.82, 2.24) is 4.90 Å². The predicted octanol–water partition coefficient (Wildman–Crippen LogP) is 8.32. The summed E-state index contributed by atoms with van der Waals surface area (Å²) in [6.07, 6.45) is 2.22. The molecule has 1 aliphatic heterocycles. The van der Waals surface area contributed by atoms with Crippen LogP contribution in [0, 0.1) is 0 Å². The maximum absolute atomic E-state index is 13.3. The van der Waals surface area contributed by atoms with Crippen LogP contribution < -0.4 is 14.2 Å². The van der Waals surface area contributed by atoms with Gasteiger partial charge in [0.1, 0.15) is 22.9 Å². The van der Waals surface area contributed by atoms with Crippen molar-refractivity contribution in [2.24, 2.45) is 0 Å². The lowest BCUT2D eigenvalue weighted by atomic mass is 9.73. The van der Waals surface area contributed by atoms with Crippen LogP contribution in [0.2, 0.25) is 0 Å². The van der Waals surface area contributed by atoms with Crippen molar-refractivity contribution >= 4 is 26.8 Å². The predicted molar refractivity (Wildman–Crippen MR) is 214 cm³/mol. The third-order valence-corrected chi connectivity index (χ3v) is 13.4. The van der Waals surface area contributed by atoms with E-state index in [1.807, 2.05) is 81.4 Å². The molecule has 0 saturated carbocycles. The van der Waals surface area contributed by atoms with E-state index in [1.165, 1.54) is 6.92 Å². The fourth-order valence-corrected chi connectivity index (χ4v) is 10.1. The number of benzene rings is 4. The number of hydrogen-bond donors (Lipinski definition) is 0. The highest BCUT2D eigenvalue weighted by molar-refractivity contribution is 6.63. The van der Waals surface area contributed by atoms with Crippen molar-refractivity contribution < 1.29 is 46.6 Å². The molecule has 1 aliphatic rings. The van der Waals surface area contributed by atoms with Crippen LogP contribution in [-0.2, 0) is 34.6 Å². The molecule has 0 spiro atoms. The van der Waals surface area contributed by atoms with Gasteiger partial charge in [-0.1, -0.05) is 55.5 Å². The normalized spacial score (nSPS) is 15.0. The highest BCUT2D eigenvalue weighted by atomic mass is 28.4. The molecule has 2 unspecified atom stereocenters. The fourth-order valence-electron chi connectivity index (χ4n) is 6.97. The van der Waals surface area contributed by atoms with E-state index in [4.69, 9.17) is 32.2 Å². The minimum absolute atomic E-state index is 0.199. The maximum Gasteiger partial charge on any atom is 0.524 e. The quantitative estimate of drug-likeness (QED) is 0.0398. The van der Waals surface area contributed by atoms with Gasteiger partial charge in [-0.05, 0) is 117 Å². The monoisotopic (exact) mass is 783 g/mol. The summed E-state index contributed by atoms with van der Waals surface area (Å²) in [6.45, 7) is 11.2. The zero-order valence-electron chi connectivity index (χ0n) is 33.2. The van der Waals surface area contributed by atoms with Gasteiger partial charge in [-0.2, -0.15) is 0 Å². The Morgan fingerprint density at radius 3 is 1.68 bits per heavy atom. The smallest absolute Gasteiger partial charge is 0.497 e. The van der Waals surface area contributed by atoms with Gasteiger partial charge in [-0.25, -0.2) is 9.59 Å². The van der Waals surface area contributed by atoms with Gasteiger partial charge in [0.25, 0.3) is 0 Å². The van der Waals surface area contributed by atoms with E-state index in [-0.39, 0.29) is 12.3 Å². The number of amides is 1. The number of esters is 2. The van der Waals surface area contributed by atoms with Gasteiger partial charge in [-0.15, -0.1) is 0 Å². The largest absolute Gasteiger partial charge is 0.524 e. The van der Waals surface area contributed by atoms with Crippen LogP contribution in [0.5, 0.6) is 17.2 Å². The van der Waals surface area contributed by atoms with Crippen LogP contribution in [0.1, 0.15) is 86.5 Å². The van der Waals surface area contributed by atoms with Gasteiger partial charge >= 0.3 is 26.8 Å². The zero-order chi connectivity index (χ0) is 40.1. The lowest BCUT2D eigenvalue weighted by Crippen LogP contribution is -2.69. The molecule has 1 amide bonds. The average Bonchev–Trinajstić information content (AvgIpc) is 3.17. The second kappa shape index (κ2) is 19.7. The Bertz CT molecular complexity index is 1870. The number of methoxy groups -OCH3 is 1. The topological polar surface area (TPSA) is 119 Å². The minimum Gasteiger partial charge on any atom is -0.497 e. The number of hydrogen-bond acceptors (Lipinski definition) is 10. The second-order valence-electron chi connectivity index (χ2n) is 13.7. The molecular formula is C44H53NO10Si. The molecule has 298 valence electrons. The van der Waals surface area contributed by atoms with Gasteiger partial charge in [0.05, 0.1) is 19.3 Å². The van der Waals surface area contributed by atoms with Crippen LogP contribution in [0.4, 0.5) is 4.79 Å². The first-order valence-corrected chi connectivity index (χ1v) is 21.0. The molecule has 56 heavy (non-hydrogen) atoms. The molecule has 0 N–H and O–H groups in total. The Balaban J connectivity index is 1.24. The first-order chi connectivity index (χ1) is 27.0. The third kappa shape index (κ3) is 10.4. The molecule has 0 bridgehead atoms. The van der Waals surface area contributed by atoms with E-state index >= 15 is 0 Å². The van der Waals surface area contributed by atoms with Crippen LogP contribution in [0.3, 0.4) is 0 Å². The van der Waals surface area contributed by atoms with E-state index in [0.717, 1.165) is 40.8 Å². The molecule has 12 heteroatoms. The Morgan fingerprint density at radius 2 is 1.21 bits per heavy atom. The van der Waals surface area contributed by atoms with Gasteiger partial charge in [0.2, 0.25) is 0 Å². The Kier molecular flexibility index (Phi) is 14.8. The average molecular weight is 784 g/mol. The number of nitrogens with zero attached hydrogens (tertiary/aromatic N) is 1. The van der Waals surface area contributed by atoms with Crippen LogP contribution in [0.15, 0.2) is 97.1 Å². The summed E-state index contributed by atoms with van der Waals surface area (Å²) >= 11 is 0. The minimum atomic E-state index is -3.11.